The molecule has 1 aliphatic rings. The molecule has 5 rings (SSSR count). The molecule has 17 heteroatoms. The Kier molecular flexibility index (Phi) is 6.87. The molecule has 12 nitrogen and oxygen atoms in total. The number of aliphatic hydroxyl groups is 3. The average molecular weight is 573 g/mol. The number of thiazole rings is 1. The van der Waals surface area contributed by atoms with Gasteiger partial charge in [-0.1, -0.05) is 16.8 Å². The summed E-state index contributed by atoms with van der Waals surface area (Å²) in [5.41, 5.74) is 4.99. The number of hydrogen-bond donors (Lipinski definition) is 4. The Balaban J connectivity index is 1.59. The Labute approximate surface area is 221 Å². The summed E-state index contributed by atoms with van der Waals surface area (Å²) in [5.74, 6) is -0.151. The van der Waals surface area contributed by atoms with Crippen molar-refractivity contribution in [1.82, 2.24) is 34.7 Å². The number of nitrogens with zero attached hydrogens (tertiary/aromatic N) is 7. The van der Waals surface area contributed by atoms with Gasteiger partial charge in [0.05, 0.1) is 24.1 Å². The summed E-state index contributed by atoms with van der Waals surface area (Å²) >= 11 is 7.21. The molecule has 4 aromatic rings. The van der Waals surface area contributed by atoms with Crippen LogP contribution >= 0.6 is 22.9 Å². The van der Waals surface area contributed by atoms with Gasteiger partial charge in [0.25, 0.3) is 0 Å². The second kappa shape index (κ2) is 9.87. The molecule has 0 amide bonds. The molecule has 0 spiro atoms. The largest absolute Gasteiger partial charge is 0.418 e. The lowest BCUT2D eigenvalue weighted by molar-refractivity contribution is -0.210. The molecule has 1 aromatic carbocycles. The number of aliphatic hydroxyl groups excluding tert-OH is 3. The molecule has 5 atom stereocenters. The van der Waals surface area contributed by atoms with Gasteiger partial charge in [0.2, 0.25) is 0 Å². The van der Waals surface area contributed by atoms with Gasteiger partial charge in [-0.15, -0.1) is 26.6 Å². The summed E-state index contributed by atoms with van der Waals surface area (Å²) in [6.07, 6.45) is -9.12. The molecule has 0 unspecified atom stereocenters. The van der Waals surface area contributed by atoms with Gasteiger partial charge < -0.3 is 25.8 Å². The Morgan fingerprint density at radius 3 is 2.58 bits per heavy atom. The van der Waals surface area contributed by atoms with Crippen LogP contribution in [0.3, 0.4) is 0 Å². The van der Waals surface area contributed by atoms with E-state index in [0.29, 0.717) is 16.5 Å². The highest BCUT2D eigenvalue weighted by molar-refractivity contribution is 7.13. The van der Waals surface area contributed by atoms with Crippen LogP contribution in [-0.4, -0.2) is 75.0 Å². The number of nitrogen functional groups attached to an aromatic ring is 1. The van der Waals surface area contributed by atoms with E-state index in [1.54, 1.807) is 5.38 Å². The summed E-state index contributed by atoms with van der Waals surface area (Å²) in [7, 11) is 0. The molecule has 1 aliphatic heterocycles. The van der Waals surface area contributed by atoms with Crippen LogP contribution in [0.1, 0.15) is 29.4 Å². The van der Waals surface area contributed by atoms with E-state index in [1.165, 1.54) is 29.1 Å². The van der Waals surface area contributed by atoms with Crippen molar-refractivity contribution in [3.8, 4) is 17.1 Å². The topological polar surface area (TPSA) is 170 Å². The maximum atomic E-state index is 13.9. The molecule has 0 saturated carbocycles. The fourth-order valence-electron chi connectivity index (χ4n) is 4.36. The van der Waals surface area contributed by atoms with Gasteiger partial charge in [0.15, 0.2) is 11.0 Å². The fourth-order valence-corrected chi connectivity index (χ4v) is 5.09. The van der Waals surface area contributed by atoms with Crippen LogP contribution in [0, 0.1) is 6.92 Å². The number of nitrogens with two attached hydrogens (primary N) is 1. The standard InChI is InChI=1S/C21H20ClF3N8O4S/c1-8-28-30-19(33(8)13-4-9(22)2-3-10(13)21(23,24)25)18-17(36)15(16(35)14(6-34)37-18)32-5-11(29-31-32)12-7-38-20(26)27-12/h2-5,7,14-18,34-36H,6H2,1H3,(H2,26,27)/t14-,15+,16+,17-,18-/m1/s1. The van der Waals surface area contributed by atoms with E-state index < -0.39 is 48.8 Å². The first kappa shape index (κ1) is 26.5. The molecular weight excluding hydrogens is 553 g/mol. The first-order valence-corrected chi connectivity index (χ1v) is 12.3. The highest BCUT2D eigenvalue weighted by Crippen LogP contribution is 2.41. The van der Waals surface area contributed by atoms with E-state index in [2.05, 4.69) is 25.5 Å². The Morgan fingerprint density at radius 2 is 1.92 bits per heavy atom. The fraction of sp³-hybridized carbons (Fsp3) is 0.381. The number of aryl methyl sites for hydroxylation is 1. The maximum absolute atomic E-state index is 13.9. The van der Waals surface area contributed by atoms with Gasteiger partial charge in [-0.25, -0.2) is 9.67 Å². The van der Waals surface area contributed by atoms with E-state index in [0.717, 1.165) is 22.8 Å². The molecule has 0 aliphatic carbocycles. The van der Waals surface area contributed by atoms with Crippen LogP contribution < -0.4 is 5.73 Å². The number of ether oxygens (including phenoxy) is 1. The summed E-state index contributed by atoms with van der Waals surface area (Å²) in [5, 5.41) is 50.0. The third kappa shape index (κ3) is 4.63. The van der Waals surface area contributed by atoms with Crippen LogP contribution in [0.4, 0.5) is 18.3 Å². The maximum Gasteiger partial charge on any atom is 0.418 e. The van der Waals surface area contributed by atoms with Gasteiger partial charge >= 0.3 is 6.18 Å². The quantitative estimate of drug-likeness (QED) is 0.277. The lowest BCUT2D eigenvalue weighted by atomic mass is 9.92. The lowest BCUT2D eigenvalue weighted by Crippen LogP contribution is -2.53. The van der Waals surface area contributed by atoms with Crippen LogP contribution in [0.15, 0.2) is 29.8 Å². The van der Waals surface area contributed by atoms with Gasteiger partial charge in [0.1, 0.15) is 47.7 Å². The minimum absolute atomic E-state index is 0.0246. The monoisotopic (exact) mass is 572 g/mol. The van der Waals surface area contributed by atoms with E-state index in [9.17, 15) is 28.5 Å². The Bertz CT molecular complexity index is 1460. The first-order valence-electron chi connectivity index (χ1n) is 11.0. The SMILES string of the molecule is Cc1nnc([C@@H]2O[C@H](CO)[C@H](O)[C@H](n3cc(-c4csc(N)n4)nn3)[C@H]2O)n1-c1cc(Cl)ccc1C(F)(F)F. The number of benzene rings is 1. The predicted octanol–water partition coefficient (Wildman–Crippen LogP) is 1.94. The Hall–Kier alpha value is -3.15. The van der Waals surface area contributed by atoms with Crippen LogP contribution in [0.2, 0.25) is 5.02 Å². The number of alkyl halides is 3. The van der Waals surface area contributed by atoms with Crippen molar-refractivity contribution in [1.29, 1.82) is 0 Å². The minimum Gasteiger partial charge on any atom is -0.394 e. The second-order valence-electron chi connectivity index (χ2n) is 8.50. The zero-order chi connectivity index (χ0) is 27.4. The van der Waals surface area contributed by atoms with E-state index >= 15 is 0 Å². The van der Waals surface area contributed by atoms with Crippen molar-refractivity contribution in [3.63, 3.8) is 0 Å². The van der Waals surface area contributed by atoms with Crippen molar-refractivity contribution >= 4 is 28.1 Å². The molecule has 4 heterocycles. The summed E-state index contributed by atoms with van der Waals surface area (Å²) in [6, 6.07) is 1.78. The normalized spacial score (nSPS) is 24.2. The highest BCUT2D eigenvalue weighted by atomic mass is 35.5. The van der Waals surface area contributed by atoms with Crippen LogP contribution in [0.5, 0.6) is 0 Å². The van der Waals surface area contributed by atoms with E-state index in [4.69, 9.17) is 22.1 Å². The zero-order valence-corrected chi connectivity index (χ0v) is 20.9. The van der Waals surface area contributed by atoms with Crippen LogP contribution in [-0.2, 0) is 10.9 Å². The molecule has 1 fully saturated rings. The van der Waals surface area contributed by atoms with Gasteiger partial charge in [-0.05, 0) is 25.1 Å². The van der Waals surface area contributed by atoms with E-state index in [1.807, 2.05) is 0 Å². The minimum atomic E-state index is -4.75. The Morgan fingerprint density at radius 1 is 1.16 bits per heavy atom. The van der Waals surface area contributed by atoms with Crippen molar-refractivity contribution in [2.45, 2.75) is 43.6 Å². The van der Waals surface area contributed by atoms with Crippen molar-refractivity contribution in [3.05, 3.63) is 52.0 Å². The molecular formula is C21H20ClF3N8O4S. The average Bonchev–Trinajstić information content (AvgIpc) is 3.59. The van der Waals surface area contributed by atoms with Crippen molar-refractivity contribution in [2.24, 2.45) is 0 Å². The predicted molar refractivity (Wildman–Crippen MR) is 127 cm³/mol. The second-order valence-corrected chi connectivity index (χ2v) is 9.83. The molecule has 0 radical (unpaired) electrons. The van der Waals surface area contributed by atoms with Crippen molar-refractivity contribution < 1.29 is 33.2 Å². The highest BCUT2D eigenvalue weighted by Gasteiger charge is 2.49. The van der Waals surface area contributed by atoms with E-state index in [-0.39, 0.29) is 22.4 Å². The van der Waals surface area contributed by atoms with Crippen LogP contribution in [0.25, 0.3) is 17.1 Å². The summed E-state index contributed by atoms with van der Waals surface area (Å²) < 4.78 is 49.6. The molecule has 5 N–H and O–H groups in total. The number of hydrogen-bond acceptors (Lipinski definition) is 11. The number of halogens is 4. The number of anilines is 1. The van der Waals surface area contributed by atoms with Gasteiger partial charge in [-0.2, -0.15) is 13.2 Å². The lowest BCUT2D eigenvalue weighted by Gasteiger charge is -2.41. The number of rotatable bonds is 5. The zero-order valence-electron chi connectivity index (χ0n) is 19.4. The summed E-state index contributed by atoms with van der Waals surface area (Å²) in [6.45, 7) is 0.745. The molecule has 1 saturated heterocycles. The third-order valence-electron chi connectivity index (χ3n) is 6.10. The first-order chi connectivity index (χ1) is 18.0. The van der Waals surface area contributed by atoms with Crippen molar-refractivity contribution in [2.75, 3.05) is 12.3 Å². The summed E-state index contributed by atoms with van der Waals surface area (Å²) in [4.78, 5) is 4.12. The number of aromatic nitrogens is 7. The van der Waals surface area contributed by atoms with Gasteiger partial charge in [-0.3, -0.25) is 4.57 Å². The molecule has 3 aromatic heterocycles. The third-order valence-corrected chi connectivity index (χ3v) is 7.01. The molecule has 202 valence electrons. The molecule has 38 heavy (non-hydrogen) atoms. The van der Waals surface area contributed by atoms with Gasteiger partial charge in [0, 0.05) is 10.4 Å². The smallest absolute Gasteiger partial charge is 0.394 e. The molecule has 0 bridgehead atoms.